The molecule has 2 heterocycles. The highest BCUT2D eigenvalue weighted by molar-refractivity contribution is 5.89. The highest BCUT2D eigenvalue weighted by Crippen LogP contribution is 2.37. The van der Waals surface area contributed by atoms with Crippen molar-refractivity contribution in [1.82, 2.24) is 9.55 Å². The SMILES string of the molecule is N#Cc1cc(COC(=O)c2cc(N)cn2C2CC2)ccn1. The molecule has 0 radical (unpaired) electrons. The Morgan fingerprint density at radius 2 is 2.33 bits per heavy atom. The lowest BCUT2D eigenvalue weighted by atomic mass is 10.2. The summed E-state index contributed by atoms with van der Waals surface area (Å²) in [6, 6.07) is 7.25. The van der Waals surface area contributed by atoms with Crippen molar-refractivity contribution < 1.29 is 9.53 Å². The molecule has 0 unspecified atom stereocenters. The lowest BCUT2D eigenvalue weighted by Gasteiger charge is -2.08. The number of hydrogen-bond donors (Lipinski definition) is 1. The molecule has 21 heavy (non-hydrogen) atoms. The van der Waals surface area contributed by atoms with Crippen LogP contribution >= 0.6 is 0 Å². The van der Waals surface area contributed by atoms with Gasteiger partial charge in [-0.2, -0.15) is 5.26 Å². The van der Waals surface area contributed by atoms with Crippen LogP contribution in [0.3, 0.4) is 0 Å². The zero-order valence-corrected chi connectivity index (χ0v) is 11.3. The summed E-state index contributed by atoms with van der Waals surface area (Å²) < 4.78 is 7.17. The molecule has 0 spiro atoms. The number of anilines is 1. The number of nitrogens with two attached hydrogens (primary N) is 1. The van der Waals surface area contributed by atoms with Crippen LogP contribution in [0.1, 0.15) is 40.6 Å². The Morgan fingerprint density at radius 3 is 3.05 bits per heavy atom. The van der Waals surface area contributed by atoms with Crippen LogP contribution in [0.5, 0.6) is 0 Å². The van der Waals surface area contributed by atoms with Crippen LogP contribution in [0, 0.1) is 11.3 Å². The lowest BCUT2D eigenvalue weighted by Crippen LogP contribution is -2.11. The van der Waals surface area contributed by atoms with Gasteiger partial charge in [-0.1, -0.05) is 0 Å². The molecule has 6 nitrogen and oxygen atoms in total. The van der Waals surface area contributed by atoms with E-state index in [1.807, 2.05) is 10.6 Å². The van der Waals surface area contributed by atoms with Crippen molar-refractivity contribution in [3.05, 3.63) is 47.5 Å². The first-order valence-corrected chi connectivity index (χ1v) is 6.67. The van der Waals surface area contributed by atoms with Gasteiger partial charge >= 0.3 is 5.97 Å². The standard InChI is InChI=1S/C15H14N4O2/c16-7-12-5-10(3-4-18-12)9-21-15(20)14-6-11(17)8-19(14)13-1-2-13/h3-6,8,13H,1-2,9,17H2. The van der Waals surface area contributed by atoms with Gasteiger partial charge < -0.3 is 15.0 Å². The molecular weight excluding hydrogens is 268 g/mol. The van der Waals surface area contributed by atoms with Crippen LogP contribution < -0.4 is 5.73 Å². The van der Waals surface area contributed by atoms with Crippen LogP contribution in [-0.2, 0) is 11.3 Å². The van der Waals surface area contributed by atoms with E-state index in [1.54, 1.807) is 24.4 Å². The summed E-state index contributed by atoms with van der Waals surface area (Å²) in [4.78, 5) is 16.0. The largest absolute Gasteiger partial charge is 0.456 e. The van der Waals surface area contributed by atoms with Crippen molar-refractivity contribution in [3.8, 4) is 6.07 Å². The molecule has 1 aliphatic rings. The molecule has 6 heteroatoms. The maximum Gasteiger partial charge on any atom is 0.355 e. The summed E-state index contributed by atoms with van der Waals surface area (Å²) in [6.45, 7) is 0.103. The van der Waals surface area contributed by atoms with E-state index < -0.39 is 5.97 Å². The minimum absolute atomic E-state index is 0.103. The minimum Gasteiger partial charge on any atom is -0.456 e. The molecule has 0 saturated heterocycles. The van der Waals surface area contributed by atoms with E-state index in [0.717, 1.165) is 18.4 Å². The Balaban J connectivity index is 1.70. The summed E-state index contributed by atoms with van der Waals surface area (Å²) in [5, 5.41) is 8.79. The van der Waals surface area contributed by atoms with Crippen LogP contribution in [0.25, 0.3) is 0 Å². The van der Waals surface area contributed by atoms with Gasteiger partial charge in [0.25, 0.3) is 0 Å². The number of rotatable bonds is 4. The average Bonchev–Trinajstić information content (AvgIpc) is 3.27. The van der Waals surface area contributed by atoms with E-state index in [9.17, 15) is 4.79 Å². The average molecular weight is 282 g/mol. The highest BCUT2D eigenvalue weighted by Gasteiger charge is 2.28. The number of pyridine rings is 1. The monoisotopic (exact) mass is 282 g/mol. The first-order valence-electron chi connectivity index (χ1n) is 6.67. The number of carbonyl (C=O) groups is 1. The number of esters is 1. The van der Waals surface area contributed by atoms with Gasteiger partial charge in [0.05, 0.1) is 5.69 Å². The van der Waals surface area contributed by atoms with Gasteiger partial charge in [-0.15, -0.1) is 0 Å². The fourth-order valence-electron chi connectivity index (χ4n) is 2.17. The van der Waals surface area contributed by atoms with Crippen molar-refractivity contribution in [2.75, 3.05) is 5.73 Å². The second-order valence-corrected chi connectivity index (χ2v) is 5.03. The molecule has 0 aliphatic heterocycles. The van der Waals surface area contributed by atoms with E-state index in [2.05, 4.69) is 4.98 Å². The van der Waals surface area contributed by atoms with Crippen LogP contribution in [0.15, 0.2) is 30.6 Å². The smallest absolute Gasteiger partial charge is 0.355 e. The van der Waals surface area contributed by atoms with E-state index >= 15 is 0 Å². The van der Waals surface area contributed by atoms with E-state index in [1.165, 1.54) is 6.20 Å². The zero-order chi connectivity index (χ0) is 14.8. The van der Waals surface area contributed by atoms with Gasteiger partial charge in [0.1, 0.15) is 24.1 Å². The Labute approximate surface area is 121 Å². The van der Waals surface area contributed by atoms with E-state index in [-0.39, 0.29) is 6.61 Å². The predicted octanol–water partition coefficient (Wildman–Crippen LogP) is 2.03. The van der Waals surface area contributed by atoms with Gasteiger partial charge in [0, 0.05) is 18.4 Å². The van der Waals surface area contributed by atoms with E-state index in [4.69, 9.17) is 15.7 Å². The molecule has 1 fully saturated rings. The van der Waals surface area contributed by atoms with Gasteiger partial charge in [0.15, 0.2) is 0 Å². The van der Waals surface area contributed by atoms with Crippen molar-refractivity contribution in [3.63, 3.8) is 0 Å². The molecule has 0 aromatic carbocycles. The third kappa shape index (κ3) is 2.87. The third-order valence-electron chi connectivity index (χ3n) is 3.33. The van der Waals surface area contributed by atoms with Crippen molar-refractivity contribution in [1.29, 1.82) is 5.26 Å². The van der Waals surface area contributed by atoms with Gasteiger partial charge in [-0.3, -0.25) is 0 Å². The molecule has 1 saturated carbocycles. The molecular formula is C15H14N4O2. The van der Waals surface area contributed by atoms with E-state index in [0.29, 0.717) is 23.1 Å². The Morgan fingerprint density at radius 1 is 1.52 bits per heavy atom. The predicted molar refractivity (Wildman–Crippen MR) is 75.2 cm³/mol. The quantitative estimate of drug-likeness (QED) is 0.866. The Kier molecular flexibility index (Phi) is 3.32. The Bertz CT molecular complexity index is 726. The first-order chi connectivity index (χ1) is 10.2. The van der Waals surface area contributed by atoms with Gasteiger partial charge in [-0.05, 0) is 36.6 Å². The summed E-state index contributed by atoms with van der Waals surface area (Å²) in [6.07, 6.45) is 5.41. The first kappa shape index (κ1) is 13.2. The highest BCUT2D eigenvalue weighted by atomic mass is 16.5. The Hall–Kier alpha value is -2.81. The van der Waals surface area contributed by atoms with Crippen LogP contribution in [0.4, 0.5) is 5.69 Å². The molecule has 0 amide bonds. The molecule has 0 atom stereocenters. The fourth-order valence-corrected chi connectivity index (χ4v) is 2.17. The number of nitriles is 1. The summed E-state index contributed by atoms with van der Waals surface area (Å²) in [5.74, 6) is -0.408. The maximum absolute atomic E-state index is 12.2. The molecule has 2 aromatic rings. The number of nitrogens with zero attached hydrogens (tertiary/aromatic N) is 3. The molecule has 2 N–H and O–H groups in total. The minimum atomic E-state index is -0.408. The second kappa shape index (κ2) is 5.29. The maximum atomic E-state index is 12.2. The number of ether oxygens (including phenoxy) is 1. The van der Waals surface area contributed by atoms with Crippen LogP contribution in [0.2, 0.25) is 0 Å². The van der Waals surface area contributed by atoms with Crippen molar-refractivity contribution >= 4 is 11.7 Å². The number of aromatic nitrogens is 2. The molecule has 2 aromatic heterocycles. The lowest BCUT2D eigenvalue weighted by molar-refractivity contribution is 0.0459. The van der Waals surface area contributed by atoms with Gasteiger partial charge in [0.2, 0.25) is 0 Å². The summed E-state index contributed by atoms with van der Waals surface area (Å²) in [5.41, 5.74) is 7.82. The number of carbonyl (C=O) groups excluding carboxylic acids is 1. The second-order valence-electron chi connectivity index (χ2n) is 5.03. The molecule has 1 aliphatic carbocycles. The third-order valence-corrected chi connectivity index (χ3v) is 3.33. The van der Waals surface area contributed by atoms with Crippen molar-refractivity contribution in [2.24, 2.45) is 0 Å². The van der Waals surface area contributed by atoms with Gasteiger partial charge in [-0.25, -0.2) is 9.78 Å². The number of hydrogen-bond acceptors (Lipinski definition) is 5. The summed E-state index contributed by atoms with van der Waals surface area (Å²) in [7, 11) is 0. The fraction of sp³-hybridized carbons (Fsp3) is 0.267. The topological polar surface area (TPSA) is 93.9 Å². The molecule has 3 rings (SSSR count). The summed E-state index contributed by atoms with van der Waals surface area (Å²) >= 11 is 0. The van der Waals surface area contributed by atoms with Crippen molar-refractivity contribution in [2.45, 2.75) is 25.5 Å². The number of nitrogen functional groups attached to an aromatic ring is 1. The molecule has 106 valence electrons. The normalized spacial score (nSPS) is 13.7. The molecule has 0 bridgehead atoms. The zero-order valence-electron chi connectivity index (χ0n) is 11.3. The van der Waals surface area contributed by atoms with Crippen LogP contribution in [-0.4, -0.2) is 15.5 Å².